The number of nitrogens with zero attached hydrogens (tertiary/aromatic N) is 1. The molecule has 2 nitrogen and oxygen atoms in total. The zero-order valence-electron chi connectivity index (χ0n) is 8.44. The van der Waals surface area contributed by atoms with Crippen LogP contribution < -0.4 is 0 Å². The fourth-order valence-corrected chi connectivity index (χ4v) is 1.09. The molecule has 0 saturated heterocycles. The quantitative estimate of drug-likeness (QED) is 0.623. The van der Waals surface area contributed by atoms with E-state index in [9.17, 15) is 0 Å². The Morgan fingerprint density at radius 1 is 1.33 bits per heavy atom. The Bertz CT molecular complexity index is 208. The van der Waals surface area contributed by atoms with Gasteiger partial charge in [0.1, 0.15) is 0 Å². The van der Waals surface area contributed by atoms with Crippen molar-refractivity contribution in [3.63, 3.8) is 0 Å². The molecule has 0 aromatic heterocycles. The molecule has 0 aliphatic heterocycles. The highest BCUT2D eigenvalue weighted by Crippen LogP contribution is 2.06. The van der Waals surface area contributed by atoms with Crippen LogP contribution in [0.2, 0.25) is 0 Å². The Morgan fingerprint density at radius 2 is 1.92 bits per heavy atom. The van der Waals surface area contributed by atoms with Crippen molar-refractivity contribution in [1.29, 1.82) is 5.41 Å². The third-order valence-electron chi connectivity index (χ3n) is 1.68. The van der Waals surface area contributed by atoms with Gasteiger partial charge in [0.25, 0.3) is 0 Å². The van der Waals surface area contributed by atoms with Crippen LogP contribution in [0.5, 0.6) is 0 Å². The maximum Gasteiger partial charge on any atom is 0.0432 e. The Hall–Kier alpha value is -0.920. The van der Waals surface area contributed by atoms with Gasteiger partial charge in [0, 0.05) is 24.0 Å². The summed E-state index contributed by atoms with van der Waals surface area (Å²) in [5, 5.41) is 7.24. The minimum atomic E-state index is 0.799. The monoisotopic (exact) mass is 166 g/mol. The van der Waals surface area contributed by atoms with E-state index in [1.54, 1.807) is 0 Å². The Balaban J connectivity index is 4.82. The fourth-order valence-electron chi connectivity index (χ4n) is 1.09. The van der Waals surface area contributed by atoms with Crippen LogP contribution >= 0.6 is 0 Å². The number of hydrogen-bond donors (Lipinski definition) is 1. The van der Waals surface area contributed by atoms with E-state index in [4.69, 9.17) is 5.41 Å². The van der Waals surface area contributed by atoms with E-state index in [-0.39, 0.29) is 0 Å². The van der Waals surface area contributed by atoms with Crippen molar-refractivity contribution in [3.05, 3.63) is 11.1 Å². The first-order chi connectivity index (χ1) is 5.67. The fraction of sp³-hybridized carbons (Fsp3) is 0.600. The highest BCUT2D eigenvalue weighted by Gasteiger charge is 2.02. The van der Waals surface area contributed by atoms with E-state index < -0.39 is 0 Å². The Labute approximate surface area is 74.9 Å². The molecule has 0 aliphatic carbocycles. The predicted octanol–water partition coefficient (Wildman–Crippen LogP) is 2.84. The highest BCUT2D eigenvalue weighted by molar-refractivity contribution is 6.15. The number of rotatable bonds is 4. The molecule has 0 aromatic carbocycles. The molecule has 0 amide bonds. The first-order valence-corrected chi connectivity index (χ1v) is 4.38. The van der Waals surface area contributed by atoms with E-state index in [0.717, 1.165) is 24.3 Å². The van der Waals surface area contributed by atoms with Crippen molar-refractivity contribution in [1.82, 2.24) is 0 Å². The van der Waals surface area contributed by atoms with Crippen molar-refractivity contribution < 1.29 is 0 Å². The van der Waals surface area contributed by atoms with E-state index in [1.165, 1.54) is 11.8 Å². The summed E-state index contributed by atoms with van der Waals surface area (Å²) in [6.07, 6.45) is 2.30. The standard InChI is InChI=1S/C10H18N2/c1-5-10(12-6-2)9(7-11)8(3)4/h7,11H,5-6H2,1-4H3. The van der Waals surface area contributed by atoms with E-state index in [2.05, 4.69) is 11.9 Å². The summed E-state index contributed by atoms with van der Waals surface area (Å²) >= 11 is 0. The third-order valence-corrected chi connectivity index (χ3v) is 1.68. The molecule has 0 aliphatic rings. The number of aliphatic imine (C=N–C) groups is 1. The lowest BCUT2D eigenvalue weighted by atomic mass is 10.0. The van der Waals surface area contributed by atoms with Gasteiger partial charge in [0.2, 0.25) is 0 Å². The van der Waals surface area contributed by atoms with Crippen molar-refractivity contribution in [2.75, 3.05) is 6.54 Å². The topological polar surface area (TPSA) is 36.2 Å². The van der Waals surface area contributed by atoms with Crippen LogP contribution in [0.3, 0.4) is 0 Å². The van der Waals surface area contributed by atoms with Gasteiger partial charge in [0.05, 0.1) is 0 Å². The van der Waals surface area contributed by atoms with E-state index >= 15 is 0 Å². The second-order valence-corrected chi connectivity index (χ2v) is 2.83. The number of nitrogens with one attached hydrogen (secondary N) is 1. The number of allylic oxidation sites excluding steroid dienone is 2. The molecule has 2 heteroatoms. The summed E-state index contributed by atoms with van der Waals surface area (Å²) in [4.78, 5) is 4.34. The maximum absolute atomic E-state index is 7.24. The average Bonchev–Trinajstić information content (AvgIpc) is 2.03. The van der Waals surface area contributed by atoms with Gasteiger partial charge in [-0.3, -0.25) is 4.99 Å². The van der Waals surface area contributed by atoms with Gasteiger partial charge in [-0.2, -0.15) is 0 Å². The molecule has 0 heterocycles. The molecular formula is C10H18N2. The van der Waals surface area contributed by atoms with Gasteiger partial charge < -0.3 is 5.41 Å². The van der Waals surface area contributed by atoms with E-state index in [0.29, 0.717) is 0 Å². The van der Waals surface area contributed by atoms with Crippen molar-refractivity contribution in [2.24, 2.45) is 4.99 Å². The lowest BCUT2D eigenvalue weighted by Crippen LogP contribution is -2.05. The summed E-state index contributed by atoms with van der Waals surface area (Å²) in [6.45, 7) is 8.92. The van der Waals surface area contributed by atoms with Gasteiger partial charge in [-0.1, -0.05) is 12.5 Å². The van der Waals surface area contributed by atoms with Crippen LogP contribution in [0.4, 0.5) is 0 Å². The molecule has 0 saturated carbocycles. The van der Waals surface area contributed by atoms with Gasteiger partial charge >= 0.3 is 0 Å². The molecule has 0 radical (unpaired) electrons. The molecular weight excluding hydrogens is 148 g/mol. The van der Waals surface area contributed by atoms with Gasteiger partial charge in [0.15, 0.2) is 0 Å². The normalized spacial score (nSPS) is 11.2. The smallest absolute Gasteiger partial charge is 0.0432 e. The SMILES string of the molecule is CCN=C(CC)C(C=N)=C(C)C. The van der Waals surface area contributed by atoms with Crippen LogP contribution in [-0.4, -0.2) is 18.5 Å². The predicted molar refractivity (Wildman–Crippen MR) is 55.4 cm³/mol. The highest BCUT2D eigenvalue weighted by atomic mass is 14.7. The molecule has 0 spiro atoms. The largest absolute Gasteiger partial charge is 0.308 e. The molecule has 0 fully saturated rings. The third kappa shape index (κ3) is 2.99. The molecule has 0 atom stereocenters. The summed E-state index contributed by atoms with van der Waals surface area (Å²) in [5.74, 6) is 0. The zero-order chi connectivity index (χ0) is 9.56. The van der Waals surface area contributed by atoms with Crippen LogP contribution in [0.1, 0.15) is 34.1 Å². The molecule has 0 rings (SSSR count). The molecule has 12 heavy (non-hydrogen) atoms. The first-order valence-electron chi connectivity index (χ1n) is 4.38. The van der Waals surface area contributed by atoms with Crippen LogP contribution in [-0.2, 0) is 0 Å². The summed E-state index contributed by atoms with van der Waals surface area (Å²) in [5.41, 5.74) is 3.20. The Kier molecular flexibility index (Phi) is 5.26. The maximum atomic E-state index is 7.24. The van der Waals surface area contributed by atoms with Crippen LogP contribution in [0.15, 0.2) is 16.1 Å². The van der Waals surface area contributed by atoms with Gasteiger partial charge in [-0.15, -0.1) is 0 Å². The lowest BCUT2D eigenvalue weighted by Gasteiger charge is -2.05. The number of hydrogen-bond acceptors (Lipinski definition) is 2. The molecule has 0 bridgehead atoms. The summed E-state index contributed by atoms with van der Waals surface area (Å²) in [6, 6.07) is 0. The summed E-state index contributed by atoms with van der Waals surface area (Å²) in [7, 11) is 0. The second kappa shape index (κ2) is 5.70. The molecule has 68 valence electrons. The molecule has 0 unspecified atom stereocenters. The second-order valence-electron chi connectivity index (χ2n) is 2.83. The van der Waals surface area contributed by atoms with Crippen LogP contribution in [0, 0.1) is 5.41 Å². The molecule has 0 aromatic rings. The minimum Gasteiger partial charge on any atom is -0.308 e. The van der Waals surface area contributed by atoms with Crippen LogP contribution in [0.25, 0.3) is 0 Å². The lowest BCUT2D eigenvalue weighted by molar-refractivity contribution is 1.10. The van der Waals surface area contributed by atoms with Gasteiger partial charge in [-0.05, 0) is 27.2 Å². The van der Waals surface area contributed by atoms with Crippen molar-refractivity contribution in [3.8, 4) is 0 Å². The van der Waals surface area contributed by atoms with Gasteiger partial charge in [-0.25, -0.2) is 0 Å². The van der Waals surface area contributed by atoms with E-state index in [1.807, 2.05) is 20.8 Å². The zero-order valence-corrected chi connectivity index (χ0v) is 8.44. The first kappa shape index (κ1) is 11.1. The average molecular weight is 166 g/mol. The Morgan fingerprint density at radius 3 is 2.17 bits per heavy atom. The minimum absolute atomic E-state index is 0.799. The van der Waals surface area contributed by atoms with Crippen molar-refractivity contribution >= 4 is 11.9 Å². The van der Waals surface area contributed by atoms with Crippen molar-refractivity contribution in [2.45, 2.75) is 34.1 Å². The molecule has 1 N–H and O–H groups in total. The summed E-state index contributed by atoms with van der Waals surface area (Å²) < 4.78 is 0.